The molecule has 230 valence electrons. The second kappa shape index (κ2) is 13.9. The zero-order valence-corrected chi connectivity index (χ0v) is 24.4. The summed E-state index contributed by atoms with van der Waals surface area (Å²) in [6.07, 6.45) is -0.743. The van der Waals surface area contributed by atoms with Crippen LogP contribution >= 0.6 is 11.6 Å². The molecule has 2 N–H and O–H groups in total. The maximum atomic E-state index is 14.1. The Hall–Kier alpha value is -4.12. The van der Waals surface area contributed by atoms with E-state index in [1.165, 1.54) is 24.5 Å². The number of carbonyl (C=O) groups excluding carboxylic acids is 1. The highest BCUT2D eigenvalue weighted by Crippen LogP contribution is 2.43. The van der Waals surface area contributed by atoms with Crippen LogP contribution in [-0.2, 0) is 22.2 Å². The predicted octanol–water partition coefficient (Wildman–Crippen LogP) is 7.00. The van der Waals surface area contributed by atoms with Crippen LogP contribution in [0.5, 0.6) is 17.2 Å². The number of halogens is 4. The molecule has 0 bridgehead atoms. The van der Waals surface area contributed by atoms with Crippen LogP contribution in [-0.4, -0.2) is 44.9 Å². The molecule has 5 rings (SSSR count). The first-order valence-corrected chi connectivity index (χ1v) is 14.0. The molecule has 1 aliphatic carbocycles. The van der Waals surface area contributed by atoms with Crippen LogP contribution < -0.4 is 24.4 Å². The monoisotopic (exact) mass is 620 g/mol. The van der Waals surface area contributed by atoms with Crippen molar-refractivity contribution in [1.82, 2.24) is 0 Å². The molecular weight excluding hydrogens is 589 g/mol. The molecular formula is C31H32ClF3N2O6. The van der Waals surface area contributed by atoms with Crippen molar-refractivity contribution < 1.29 is 42.1 Å². The zero-order chi connectivity index (χ0) is 31.1. The molecule has 0 spiro atoms. The van der Waals surface area contributed by atoms with Crippen molar-refractivity contribution in [2.75, 3.05) is 37.6 Å². The Kier molecular flexibility index (Phi) is 10.3. The molecule has 1 aliphatic heterocycles. The van der Waals surface area contributed by atoms with E-state index in [2.05, 4.69) is 5.32 Å². The molecule has 1 unspecified atom stereocenters. The number of amides is 1. The molecule has 0 radical (unpaired) electrons. The van der Waals surface area contributed by atoms with Crippen LogP contribution in [0.25, 0.3) is 0 Å². The molecule has 3 aromatic carbocycles. The first-order chi connectivity index (χ1) is 20.6. The van der Waals surface area contributed by atoms with Crippen molar-refractivity contribution in [3.8, 4) is 17.2 Å². The molecule has 12 heteroatoms. The lowest BCUT2D eigenvalue weighted by molar-refractivity contribution is -0.138. The summed E-state index contributed by atoms with van der Waals surface area (Å²) < 4.78 is 57.9. The van der Waals surface area contributed by atoms with Gasteiger partial charge in [-0.1, -0.05) is 30.2 Å². The Bertz CT molecular complexity index is 1430. The van der Waals surface area contributed by atoms with Crippen molar-refractivity contribution in [3.63, 3.8) is 0 Å². The molecule has 8 nitrogen and oxygen atoms in total. The Balaban J connectivity index is 0.00000135. The van der Waals surface area contributed by atoms with Crippen molar-refractivity contribution >= 4 is 35.4 Å². The molecule has 1 atom stereocenters. The van der Waals surface area contributed by atoms with Crippen molar-refractivity contribution in [2.24, 2.45) is 5.92 Å². The Morgan fingerprint density at radius 1 is 1.09 bits per heavy atom. The minimum atomic E-state index is -4.64. The Morgan fingerprint density at radius 3 is 2.35 bits per heavy atom. The summed E-state index contributed by atoms with van der Waals surface area (Å²) in [6.45, 7) is 0.583. The number of ether oxygens (including phenoxy) is 3. The summed E-state index contributed by atoms with van der Waals surface area (Å²) in [5.74, 6) is 1.01. The van der Waals surface area contributed by atoms with E-state index in [1.807, 2.05) is 0 Å². The number of alkyl halides is 3. The number of nitrogens with zero attached hydrogens (tertiary/aromatic N) is 1. The SMILES string of the molecule is COc1cc(NC(C(=O)N2CCc3cc(OC)c(C(F)(F)F)cc32)c2ccc(Cl)cc2)cc(OCC2CCC2)c1.O=CO. The summed E-state index contributed by atoms with van der Waals surface area (Å²) in [5, 5.41) is 10.7. The molecule has 0 aromatic heterocycles. The highest BCUT2D eigenvalue weighted by atomic mass is 35.5. The first-order valence-electron chi connectivity index (χ1n) is 13.6. The molecule has 0 saturated heterocycles. The average Bonchev–Trinajstić information content (AvgIpc) is 3.37. The number of methoxy groups -OCH3 is 2. The quantitative estimate of drug-likeness (QED) is 0.249. The number of hydrogen-bond donors (Lipinski definition) is 2. The van der Waals surface area contributed by atoms with Crippen LogP contribution in [0.1, 0.15) is 42.0 Å². The van der Waals surface area contributed by atoms with Gasteiger partial charge >= 0.3 is 6.18 Å². The number of benzene rings is 3. The lowest BCUT2D eigenvalue weighted by atomic mass is 9.86. The number of nitrogens with one attached hydrogen (secondary N) is 1. The molecule has 1 saturated carbocycles. The van der Waals surface area contributed by atoms with Gasteiger partial charge in [0.2, 0.25) is 0 Å². The van der Waals surface area contributed by atoms with Crippen LogP contribution in [0.2, 0.25) is 5.02 Å². The van der Waals surface area contributed by atoms with Gasteiger partial charge in [-0.3, -0.25) is 9.59 Å². The van der Waals surface area contributed by atoms with E-state index < -0.39 is 23.7 Å². The highest BCUT2D eigenvalue weighted by molar-refractivity contribution is 6.30. The van der Waals surface area contributed by atoms with Gasteiger partial charge < -0.3 is 29.5 Å². The lowest BCUT2D eigenvalue weighted by Gasteiger charge is -2.27. The van der Waals surface area contributed by atoms with E-state index in [1.54, 1.807) is 49.6 Å². The average molecular weight is 621 g/mol. The van der Waals surface area contributed by atoms with Crippen LogP contribution in [0.15, 0.2) is 54.6 Å². The van der Waals surface area contributed by atoms with Gasteiger partial charge in [0.25, 0.3) is 12.4 Å². The second-order valence-electron chi connectivity index (χ2n) is 10.2. The van der Waals surface area contributed by atoms with E-state index in [0.717, 1.165) is 18.9 Å². The minimum absolute atomic E-state index is 0.217. The lowest BCUT2D eigenvalue weighted by Crippen LogP contribution is -2.37. The van der Waals surface area contributed by atoms with E-state index in [0.29, 0.717) is 52.3 Å². The van der Waals surface area contributed by atoms with Gasteiger partial charge in [-0.15, -0.1) is 0 Å². The summed E-state index contributed by atoms with van der Waals surface area (Å²) in [7, 11) is 2.75. The smallest absolute Gasteiger partial charge is 0.420 e. The van der Waals surface area contributed by atoms with E-state index in [4.69, 9.17) is 35.7 Å². The number of anilines is 2. The summed E-state index contributed by atoms with van der Waals surface area (Å²) in [5.41, 5.74) is 1.08. The number of rotatable bonds is 9. The predicted molar refractivity (Wildman–Crippen MR) is 156 cm³/mol. The molecule has 43 heavy (non-hydrogen) atoms. The fourth-order valence-corrected chi connectivity index (χ4v) is 5.16. The first kappa shape index (κ1) is 31.8. The summed E-state index contributed by atoms with van der Waals surface area (Å²) in [6, 6.07) is 13.5. The van der Waals surface area contributed by atoms with E-state index in [-0.39, 0.29) is 24.5 Å². The van der Waals surface area contributed by atoms with Gasteiger partial charge in [0.15, 0.2) is 0 Å². The topological polar surface area (TPSA) is 97.3 Å². The summed E-state index contributed by atoms with van der Waals surface area (Å²) >= 11 is 6.11. The van der Waals surface area contributed by atoms with Gasteiger partial charge in [0, 0.05) is 41.1 Å². The highest BCUT2D eigenvalue weighted by Gasteiger charge is 2.39. The van der Waals surface area contributed by atoms with Gasteiger partial charge in [0.1, 0.15) is 23.3 Å². The number of fused-ring (bicyclic) bond motifs is 1. The van der Waals surface area contributed by atoms with Gasteiger partial charge in [-0.05, 0) is 60.6 Å². The maximum Gasteiger partial charge on any atom is 0.420 e. The summed E-state index contributed by atoms with van der Waals surface area (Å²) in [4.78, 5) is 23.8. The third kappa shape index (κ3) is 7.64. The molecule has 2 aliphatic rings. The molecule has 1 amide bonds. The van der Waals surface area contributed by atoms with Crippen LogP contribution in [0, 0.1) is 5.92 Å². The Labute approximate surface area is 252 Å². The number of hydrogen-bond acceptors (Lipinski definition) is 6. The minimum Gasteiger partial charge on any atom is -0.497 e. The standard InChI is InChI=1S/C30H30ClF3N2O4.CH2O2/c1-38-23-13-22(14-24(15-23)40-17-18-4-3-5-18)35-28(19-6-8-21(31)9-7-19)29(37)36-11-10-20-12-27(39-2)25(16-26(20)36)30(32,33)34;2-1-3/h6-9,12-16,18,28,35H,3-5,10-11,17H2,1-2H3;1H,(H,2,3). The van der Waals surface area contributed by atoms with Crippen molar-refractivity contribution in [1.29, 1.82) is 0 Å². The van der Waals surface area contributed by atoms with Crippen molar-refractivity contribution in [3.05, 3.63) is 76.3 Å². The van der Waals surface area contributed by atoms with Crippen LogP contribution in [0.4, 0.5) is 24.5 Å². The number of carboxylic acid groups (broad SMARTS) is 1. The molecule has 1 fully saturated rings. The molecule has 1 heterocycles. The largest absolute Gasteiger partial charge is 0.497 e. The third-order valence-electron chi connectivity index (χ3n) is 7.46. The zero-order valence-electron chi connectivity index (χ0n) is 23.6. The third-order valence-corrected chi connectivity index (χ3v) is 7.71. The Morgan fingerprint density at radius 2 is 1.77 bits per heavy atom. The van der Waals surface area contributed by atoms with Crippen LogP contribution in [0.3, 0.4) is 0 Å². The van der Waals surface area contributed by atoms with Crippen molar-refractivity contribution in [2.45, 2.75) is 37.9 Å². The maximum absolute atomic E-state index is 14.1. The normalized spacial score (nSPS) is 14.9. The van der Waals surface area contributed by atoms with Gasteiger partial charge in [-0.2, -0.15) is 13.2 Å². The molecule has 3 aromatic rings. The fourth-order valence-electron chi connectivity index (χ4n) is 5.03. The van der Waals surface area contributed by atoms with E-state index >= 15 is 0 Å². The second-order valence-corrected chi connectivity index (χ2v) is 10.6. The van der Waals surface area contributed by atoms with Gasteiger partial charge in [-0.25, -0.2) is 0 Å². The van der Waals surface area contributed by atoms with Gasteiger partial charge in [0.05, 0.1) is 26.4 Å². The number of carbonyl (C=O) groups is 2. The fraction of sp³-hybridized carbons (Fsp3) is 0.355. The van der Waals surface area contributed by atoms with E-state index in [9.17, 15) is 18.0 Å².